The number of hydrogen-bond donors (Lipinski definition) is 1. The van der Waals surface area contributed by atoms with Crippen molar-refractivity contribution in [3.05, 3.63) is 64.9 Å². The highest BCUT2D eigenvalue weighted by molar-refractivity contribution is 8.14. The molecule has 0 fully saturated rings. The first-order valence-electron chi connectivity index (χ1n) is 6.20. The summed E-state index contributed by atoms with van der Waals surface area (Å²) in [5.41, 5.74) is 1.93. The predicted octanol–water partition coefficient (Wildman–Crippen LogP) is 4.74. The first-order chi connectivity index (χ1) is 9.72. The Morgan fingerprint density at radius 3 is 2.75 bits per heavy atom. The number of benzene rings is 2. The van der Waals surface area contributed by atoms with E-state index in [2.05, 4.69) is 22.4 Å². The van der Waals surface area contributed by atoms with Gasteiger partial charge in [0.25, 0.3) is 0 Å². The van der Waals surface area contributed by atoms with Gasteiger partial charge in [-0.15, -0.1) is 0 Å². The second-order valence-corrected chi connectivity index (χ2v) is 6.01. The zero-order valence-corrected chi connectivity index (χ0v) is 12.1. The summed E-state index contributed by atoms with van der Waals surface area (Å²) in [7, 11) is 0. The Hall–Kier alpha value is -1.52. The van der Waals surface area contributed by atoms with Crippen LogP contribution in [0.25, 0.3) is 0 Å². The van der Waals surface area contributed by atoms with Crippen LogP contribution in [0.2, 0.25) is 5.02 Å². The lowest BCUT2D eigenvalue weighted by Gasteiger charge is -2.10. The van der Waals surface area contributed by atoms with Gasteiger partial charge in [-0.05, 0) is 23.8 Å². The van der Waals surface area contributed by atoms with Gasteiger partial charge in [0.2, 0.25) is 0 Å². The lowest BCUT2D eigenvalue weighted by molar-refractivity contribution is 0.628. The molecule has 0 amide bonds. The van der Waals surface area contributed by atoms with E-state index in [0.29, 0.717) is 16.0 Å². The normalized spacial score (nSPS) is 17.9. The Kier molecular flexibility index (Phi) is 3.94. The zero-order chi connectivity index (χ0) is 13.9. The highest BCUT2D eigenvalue weighted by atomic mass is 35.5. The fraction of sp³-hybridized carbons (Fsp3) is 0.133. The minimum atomic E-state index is -0.344. The maximum Gasteiger partial charge on any atom is 0.161 e. The standard InChI is InChI=1S/C15H12ClFN2S/c16-12-8-11(17)6-7-13(12)19-15-18-9-14(20-15)10-4-2-1-3-5-10/h1-8,14H,9H2,(H,18,19). The van der Waals surface area contributed by atoms with E-state index in [0.717, 1.165) is 11.7 Å². The molecule has 102 valence electrons. The van der Waals surface area contributed by atoms with Crippen molar-refractivity contribution in [2.45, 2.75) is 5.25 Å². The molecule has 1 aliphatic heterocycles. The lowest BCUT2D eigenvalue weighted by Crippen LogP contribution is -2.05. The summed E-state index contributed by atoms with van der Waals surface area (Å²) in [6.45, 7) is 0.732. The van der Waals surface area contributed by atoms with Crippen LogP contribution in [0.1, 0.15) is 10.8 Å². The summed E-state index contributed by atoms with van der Waals surface area (Å²) in [4.78, 5) is 4.47. The summed E-state index contributed by atoms with van der Waals surface area (Å²) >= 11 is 7.65. The third-order valence-electron chi connectivity index (χ3n) is 3.00. The molecule has 0 saturated heterocycles. The minimum absolute atomic E-state index is 0.318. The van der Waals surface area contributed by atoms with Crippen LogP contribution in [0.3, 0.4) is 0 Å². The molecule has 0 aromatic heterocycles. The van der Waals surface area contributed by atoms with Crippen molar-refractivity contribution in [3.8, 4) is 0 Å². The van der Waals surface area contributed by atoms with Crippen molar-refractivity contribution in [3.63, 3.8) is 0 Å². The Bertz CT molecular complexity index is 646. The molecule has 1 heterocycles. The number of hydrogen-bond acceptors (Lipinski definition) is 3. The average molecular weight is 307 g/mol. The number of nitrogens with zero attached hydrogens (tertiary/aromatic N) is 1. The number of aliphatic imine (C=N–C) groups is 1. The van der Waals surface area contributed by atoms with Crippen LogP contribution >= 0.6 is 23.4 Å². The van der Waals surface area contributed by atoms with Gasteiger partial charge in [0.15, 0.2) is 5.17 Å². The fourth-order valence-electron chi connectivity index (χ4n) is 1.99. The number of halogens is 2. The molecule has 1 N–H and O–H groups in total. The quantitative estimate of drug-likeness (QED) is 0.867. The van der Waals surface area contributed by atoms with Crippen molar-refractivity contribution in [2.75, 3.05) is 11.9 Å². The Labute approximate surface area is 126 Å². The van der Waals surface area contributed by atoms with Gasteiger partial charge in [-0.2, -0.15) is 0 Å². The molecule has 0 aliphatic carbocycles. The van der Waals surface area contributed by atoms with Gasteiger partial charge in [0, 0.05) is 0 Å². The largest absolute Gasteiger partial charge is 0.334 e. The van der Waals surface area contributed by atoms with Gasteiger partial charge < -0.3 is 5.32 Å². The molecule has 2 aromatic carbocycles. The highest BCUT2D eigenvalue weighted by Crippen LogP contribution is 2.36. The molecule has 2 nitrogen and oxygen atoms in total. The van der Waals surface area contributed by atoms with E-state index in [9.17, 15) is 4.39 Å². The molecule has 1 unspecified atom stereocenters. The van der Waals surface area contributed by atoms with E-state index in [1.165, 1.54) is 17.7 Å². The number of amidine groups is 1. The Morgan fingerprint density at radius 2 is 2.00 bits per heavy atom. The molecule has 1 atom stereocenters. The molecule has 20 heavy (non-hydrogen) atoms. The smallest absolute Gasteiger partial charge is 0.161 e. The summed E-state index contributed by atoms with van der Waals surface area (Å²) < 4.78 is 13.0. The fourth-order valence-corrected chi connectivity index (χ4v) is 3.24. The topological polar surface area (TPSA) is 24.4 Å². The van der Waals surface area contributed by atoms with Crippen molar-refractivity contribution in [2.24, 2.45) is 4.99 Å². The number of rotatable bonds is 2. The first kappa shape index (κ1) is 13.5. The van der Waals surface area contributed by atoms with Crippen LogP contribution < -0.4 is 5.32 Å². The summed E-state index contributed by atoms with van der Waals surface area (Å²) in [6, 6.07) is 14.5. The molecule has 0 bridgehead atoms. The van der Waals surface area contributed by atoms with Crippen LogP contribution in [0.5, 0.6) is 0 Å². The van der Waals surface area contributed by atoms with Crippen molar-refractivity contribution in [1.82, 2.24) is 0 Å². The van der Waals surface area contributed by atoms with E-state index >= 15 is 0 Å². The maximum absolute atomic E-state index is 13.0. The Balaban J connectivity index is 1.69. The molecule has 0 spiro atoms. The Morgan fingerprint density at radius 1 is 1.20 bits per heavy atom. The van der Waals surface area contributed by atoms with Crippen LogP contribution in [0.15, 0.2) is 53.5 Å². The van der Waals surface area contributed by atoms with Gasteiger partial charge in [0.1, 0.15) is 5.82 Å². The van der Waals surface area contributed by atoms with E-state index < -0.39 is 0 Å². The van der Waals surface area contributed by atoms with Crippen molar-refractivity contribution >= 4 is 34.2 Å². The predicted molar refractivity (Wildman–Crippen MR) is 84.1 cm³/mol. The van der Waals surface area contributed by atoms with Gasteiger partial charge in [-0.1, -0.05) is 53.7 Å². The third-order valence-corrected chi connectivity index (χ3v) is 4.47. The summed E-state index contributed by atoms with van der Waals surface area (Å²) in [5, 5.41) is 4.64. The molecule has 0 saturated carbocycles. The zero-order valence-electron chi connectivity index (χ0n) is 10.5. The number of anilines is 1. The third kappa shape index (κ3) is 2.97. The molecule has 0 radical (unpaired) electrons. The summed E-state index contributed by atoms with van der Waals surface area (Å²) in [5.74, 6) is -0.344. The molecule has 2 aromatic rings. The highest BCUT2D eigenvalue weighted by Gasteiger charge is 2.21. The monoisotopic (exact) mass is 306 g/mol. The number of thioether (sulfide) groups is 1. The molecular formula is C15H12ClFN2S. The van der Waals surface area contributed by atoms with Crippen LogP contribution in [0.4, 0.5) is 10.1 Å². The average Bonchev–Trinajstić information content (AvgIpc) is 2.92. The van der Waals surface area contributed by atoms with E-state index in [1.54, 1.807) is 17.8 Å². The van der Waals surface area contributed by atoms with Crippen LogP contribution in [-0.2, 0) is 0 Å². The molecular weight excluding hydrogens is 295 g/mol. The SMILES string of the molecule is Fc1ccc(NC2=NCC(c3ccccc3)S2)c(Cl)c1. The van der Waals surface area contributed by atoms with Gasteiger partial charge in [-0.3, -0.25) is 4.99 Å². The maximum atomic E-state index is 13.0. The molecule has 5 heteroatoms. The van der Waals surface area contributed by atoms with Gasteiger partial charge >= 0.3 is 0 Å². The van der Waals surface area contributed by atoms with E-state index in [-0.39, 0.29) is 5.82 Å². The second-order valence-electron chi connectivity index (χ2n) is 4.41. The molecule has 3 rings (SSSR count). The minimum Gasteiger partial charge on any atom is -0.334 e. The second kappa shape index (κ2) is 5.85. The summed E-state index contributed by atoms with van der Waals surface area (Å²) in [6.07, 6.45) is 0. The van der Waals surface area contributed by atoms with Crippen LogP contribution in [-0.4, -0.2) is 11.7 Å². The van der Waals surface area contributed by atoms with Gasteiger partial charge in [-0.25, -0.2) is 4.39 Å². The van der Waals surface area contributed by atoms with E-state index in [4.69, 9.17) is 11.6 Å². The first-order valence-corrected chi connectivity index (χ1v) is 7.46. The van der Waals surface area contributed by atoms with Crippen molar-refractivity contribution in [1.29, 1.82) is 0 Å². The van der Waals surface area contributed by atoms with Crippen molar-refractivity contribution < 1.29 is 4.39 Å². The van der Waals surface area contributed by atoms with E-state index in [1.807, 2.05) is 18.2 Å². The molecule has 1 aliphatic rings. The number of nitrogens with one attached hydrogen (secondary N) is 1. The van der Waals surface area contributed by atoms with Gasteiger partial charge in [0.05, 0.1) is 22.5 Å². The lowest BCUT2D eigenvalue weighted by atomic mass is 10.1. The van der Waals surface area contributed by atoms with Crippen LogP contribution in [0, 0.1) is 5.82 Å².